The molecule has 0 spiro atoms. The molecule has 0 aliphatic heterocycles. The van der Waals surface area contributed by atoms with E-state index < -0.39 is 0 Å². The number of carbonyl (C=O) groups excluding carboxylic acids is 1. The number of thiocarbonyl (C=S) groups is 1. The molecular formula is C27H27N3O3S. The minimum Gasteiger partial charge on any atom is -0.496 e. The van der Waals surface area contributed by atoms with E-state index in [1.807, 2.05) is 44.2 Å². The maximum absolute atomic E-state index is 12.8. The van der Waals surface area contributed by atoms with Crippen LogP contribution in [-0.2, 0) is 0 Å². The molecule has 0 saturated carbocycles. The number of para-hydroxylation sites is 1. The summed E-state index contributed by atoms with van der Waals surface area (Å²) in [6.07, 6.45) is 0. The van der Waals surface area contributed by atoms with Crippen LogP contribution < -0.4 is 15.4 Å². The summed E-state index contributed by atoms with van der Waals surface area (Å²) in [6.45, 7) is 8.14. The number of ether oxygens (including phenoxy) is 1. The molecule has 0 saturated heterocycles. The third-order valence-electron chi connectivity index (χ3n) is 5.70. The summed E-state index contributed by atoms with van der Waals surface area (Å²) in [4.78, 5) is 17.5. The third-order valence-corrected chi connectivity index (χ3v) is 5.90. The quantitative estimate of drug-likeness (QED) is 0.328. The summed E-state index contributed by atoms with van der Waals surface area (Å²) in [6, 6.07) is 17.3. The van der Waals surface area contributed by atoms with Gasteiger partial charge in [-0.05, 0) is 79.0 Å². The smallest absolute Gasteiger partial charge is 0.261 e. The number of nitrogens with one attached hydrogen (secondary N) is 2. The van der Waals surface area contributed by atoms with Crippen LogP contribution in [0.3, 0.4) is 0 Å². The number of aryl methyl sites for hydroxylation is 2. The van der Waals surface area contributed by atoms with Gasteiger partial charge in [0.15, 0.2) is 10.7 Å². The average Bonchev–Trinajstić information content (AvgIpc) is 3.23. The van der Waals surface area contributed by atoms with E-state index in [4.69, 9.17) is 21.4 Å². The zero-order chi connectivity index (χ0) is 24.4. The lowest BCUT2D eigenvalue weighted by molar-refractivity contribution is 0.0974. The lowest BCUT2D eigenvalue weighted by Gasteiger charge is -2.14. The monoisotopic (exact) mass is 473 g/mol. The third kappa shape index (κ3) is 4.79. The molecular weight excluding hydrogens is 446 g/mol. The SMILES string of the molecule is COc1c(C)cccc1C(=O)NC(=S)Nc1cc(-c2nc3cc(C(C)C)ccc3o2)ccc1C. The van der Waals surface area contributed by atoms with E-state index in [9.17, 15) is 4.79 Å². The molecule has 2 N–H and O–H groups in total. The summed E-state index contributed by atoms with van der Waals surface area (Å²) in [5, 5.41) is 6.04. The van der Waals surface area contributed by atoms with Crippen molar-refractivity contribution < 1.29 is 13.9 Å². The van der Waals surface area contributed by atoms with Gasteiger partial charge < -0.3 is 14.5 Å². The van der Waals surface area contributed by atoms with E-state index in [0.29, 0.717) is 23.1 Å². The van der Waals surface area contributed by atoms with Crippen molar-refractivity contribution in [1.82, 2.24) is 10.3 Å². The molecule has 6 nitrogen and oxygen atoms in total. The van der Waals surface area contributed by atoms with Gasteiger partial charge in [0.1, 0.15) is 11.3 Å². The van der Waals surface area contributed by atoms with Crippen molar-refractivity contribution in [3.63, 3.8) is 0 Å². The second-order valence-corrected chi connectivity index (χ2v) is 8.90. The molecule has 0 atom stereocenters. The van der Waals surface area contributed by atoms with Gasteiger partial charge in [-0.3, -0.25) is 10.1 Å². The summed E-state index contributed by atoms with van der Waals surface area (Å²) in [5.74, 6) is 1.12. The van der Waals surface area contributed by atoms with E-state index in [0.717, 1.165) is 33.5 Å². The van der Waals surface area contributed by atoms with Gasteiger partial charge in [-0.1, -0.05) is 38.1 Å². The second kappa shape index (κ2) is 9.65. The second-order valence-electron chi connectivity index (χ2n) is 8.49. The van der Waals surface area contributed by atoms with Crippen LogP contribution in [0.15, 0.2) is 59.0 Å². The topological polar surface area (TPSA) is 76.4 Å². The van der Waals surface area contributed by atoms with Crippen molar-refractivity contribution in [3.8, 4) is 17.2 Å². The van der Waals surface area contributed by atoms with Crippen molar-refractivity contribution in [2.24, 2.45) is 0 Å². The number of fused-ring (bicyclic) bond motifs is 1. The number of hydrogen-bond donors (Lipinski definition) is 2. The highest BCUT2D eigenvalue weighted by Crippen LogP contribution is 2.29. The number of oxazole rings is 1. The minimum absolute atomic E-state index is 0.188. The van der Waals surface area contributed by atoms with Crippen LogP contribution in [0, 0.1) is 13.8 Å². The van der Waals surface area contributed by atoms with E-state index in [1.54, 1.807) is 19.2 Å². The number of benzene rings is 3. The van der Waals surface area contributed by atoms with E-state index in [2.05, 4.69) is 41.6 Å². The Bertz CT molecular complexity index is 1390. The largest absolute Gasteiger partial charge is 0.496 e. The van der Waals surface area contributed by atoms with Gasteiger partial charge in [-0.25, -0.2) is 4.98 Å². The van der Waals surface area contributed by atoms with Crippen LogP contribution in [0.4, 0.5) is 5.69 Å². The molecule has 1 heterocycles. The van der Waals surface area contributed by atoms with Crippen molar-refractivity contribution in [2.45, 2.75) is 33.6 Å². The predicted octanol–water partition coefficient (Wildman–Crippen LogP) is 6.37. The molecule has 1 aromatic heterocycles. The van der Waals surface area contributed by atoms with Crippen molar-refractivity contribution in [2.75, 3.05) is 12.4 Å². The first-order valence-corrected chi connectivity index (χ1v) is 11.4. The minimum atomic E-state index is -0.341. The molecule has 0 fully saturated rings. The number of nitrogens with zero attached hydrogens (tertiary/aromatic N) is 1. The van der Waals surface area contributed by atoms with Gasteiger partial charge in [-0.2, -0.15) is 0 Å². The number of hydrogen-bond acceptors (Lipinski definition) is 5. The normalized spacial score (nSPS) is 11.0. The molecule has 0 aliphatic carbocycles. The highest BCUT2D eigenvalue weighted by Gasteiger charge is 2.16. The fourth-order valence-corrected chi connectivity index (χ4v) is 3.95. The lowest BCUT2D eigenvalue weighted by Crippen LogP contribution is -2.34. The van der Waals surface area contributed by atoms with E-state index >= 15 is 0 Å². The number of methoxy groups -OCH3 is 1. The Morgan fingerprint density at radius 1 is 1.06 bits per heavy atom. The van der Waals surface area contributed by atoms with Crippen LogP contribution >= 0.6 is 12.2 Å². The molecule has 0 radical (unpaired) electrons. The molecule has 3 aromatic carbocycles. The van der Waals surface area contributed by atoms with Gasteiger partial charge in [0, 0.05) is 11.3 Å². The van der Waals surface area contributed by atoms with Gasteiger partial charge in [0.2, 0.25) is 5.89 Å². The molecule has 0 bridgehead atoms. The van der Waals surface area contributed by atoms with Gasteiger partial charge in [0.25, 0.3) is 5.91 Å². The Kier molecular flexibility index (Phi) is 6.65. The van der Waals surface area contributed by atoms with Crippen molar-refractivity contribution in [1.29, 1.82) is 0 Å². The molecule has 0 unspecified atom stereocenters. The summed E-state index contributed by atoms with van der Waals surface area (Å²) in [5.41, 5.74) is 6.60. The molecule has 0 aliphatic rings. The molecule has 1 amide bonds. The van der Waals surface area contributed by atoms with Crippen LogP contribution in [0.2, 0.25) is 0 Å². The first-order valence-electron chi connectivity index (χ1n) is 11.0. The number of anilines is 1. The summed E-state index contributed by atoms with van der Waals surface area (Å²) < 4.78 is 11.4. The van der Waals surface area contributed by atoms with Crippen LogP contribution in [0.25, 0.3) is 22.6 Å². The van der Waals surface area contributed by atoms with Gasteiger partial charge in [-0.15, -0.1) is 0 Å². The van der Waals surface area contributed by atoms with Crippen molar-refractivity contribution in [3.05, 3.63) is 76.9 Å². The molecule has 174 valence electrons. The van der Waals surface area contributed by atoms with Gasteiger partial charge >= 0.3 is 0 Å². The molecule has 7 heteroatoms. The van der Waals surface area contributed by atoms with Crippen molar-refractivity contribution >= 4 is 40.0 Å². The van der Waals surface area contributed by atoms with Crippen LogP contribution in [0.1, 0.15) is 46.8 Å². The number of aromatic nitrogens is 1. The maximum atomic E-state index is 12.8. The highest BCUT2D eigenvalue weighted by atomic mass is 32.1. The summed E-state index contributed by atoms with van der Waals surface area (Å²) in [7, 11) is 1.54. The first-order chi connectivity index (χ1) is 16.3. The number of amides is 1. The van der Waals surface area contributed by atoms with E-state index in [-0.39, 0.29) is 11.0 Å². The van der Waals surface area contributed by atoms with E-state index in [1.165, 1.54) is 5.56 Å². The Hall–Kier alpha value is -3.71. The highest BCUT2D eigenvalue weighted by molar-refractivity contribution is 7.80. The average molecular weight is 474 g/mol. The fraction of sp³-hybridized carbons (Fsp3) is 0.222. The Morgan fingerprint density at radius 3 is 2.59 bits per heavy atom. The molecule has 34 heavy (non-hydrogen) atoms. The maximum Gasteiger partial charge on any atom is 0.261 e. The van der Waals surface area contributed by atoms with Gasteiger partial charge in [0.05, 0.1) is 12.7 Å². The van der Waals surface area contributed by atoms with Crippen LogP contribution in [0.5, 0.6) is 5.75 Å². The fourth-order valence-electron chi connectivity index (χ4n) is 3.74. The standard InChI is InChI=1S/C27H27N3O3S/c1-15(2)18-11-12-23-22(13-18)28-26(33-23)19-10-9-16(3)21(14-19)29-27(34)30-25(31)20-8-6-7-17(4)24(20)32-5/h6-15H,1-5H3,(H2,29,30,31,34). The Labute approximate surface area is 204 Å². The Balaban J connectivity index is 1.55. The predicted molar refractivity (Wildman–Crippen MR) is 140 cm³/mol. The zero-order valence-electron chi connectivity index (χ0n) is 19.9. The Morgan fingerprint density at radius 2 is 1.85 bits per heavy atom. The zero-order valence-corrected chi connectivity index (χ0v) is 20.7. The summed E-state index contributed by atoms with van der Waals surface area (Å²) >= 11 is 5.41. The molecule has 4 rings (SSSR count). The first kappa shape index (κ1) is 23.4. The molecule has 4 aromatic rings. The lowest BCUT2D eigenvalue weighted by atomic mass is 10.0. The van der Waals surface area contributed by atoms with Crippen LogP contribution in [-0.4, -0.2) is 23.1 Å². The number of rotatable bonds is 5. The number of carbonyl (C=O) groups is 1.